The standard InChI is InChI=1S/C18H28N2O3/c1-2-3-4-5-6-7-8-9-13-23-18(22)20-16-12-10-11-15(14-16)17(19)21/h10-12,14H,2-9,13H2,1H3,(H2,19,21)(H,20,22). The highest BCUT2D eigenvalue weighted by Crippen LogP contribution is 2.11. The molecule has 0 aliphatic rings. The molecule has 1 aromatic rings. The van der Waals surface area contributed by atoms with Gasteiger partial charge in [-0.15, -0.1) is 0 Å². The zero-order valence-electron chi connectivity index (χ0n) is 14.0. The SMILES string of the molecule is CCCCCCCCCCOC(=O)Nc1cccc(C(N)=O)c1. The smallest absolute Gasteiger partial charge is 0.411 e. The summed E-state index contributed by atoms with van der Waals surface area (Å²) >= 11 is 0. The minimum absolute atomic E-state index is 0.353. The van der Waals surface area contributed by atoms with Crippen molar-refractivity contribution < 1.29 is 14.3 Å². The van der Waals surface area contributed by atoms with Crippen LogP contribution in [0.25, 0.3) is 0 Å². The van der Waals surface area contributed by atoms with E-state index in [0.717, 1.165) is 12.8 Å². The van der Waals surface area contributed by atoms with Crippen LogP contribution >= 0.6 is 0 Å². The number of hydrogen-bond donors (Lipinski definition) is 2. The Morgan fingerprint density at radius 3 is 2.35 bits per heavy atom. The Kier molecular flexibility index (Phi) is 9.52. The van der Waals surface area contributed by atoms with Gasteiger partial charge in [-0.25, -0.2) is 4.79 Å². The molecule has 128 valence electrons. The van der Waals surface area contributed by atoms with Crippen LogP contribution in [0, 0.1) is 0 Å². The van der Waals surface area contributed by atoms with Crippen molar-refractivity contribution in [1.82, 2.24) is 0 Å². The van der Waals surface area contributed by atoms with E-state index in [-0.39, 0.29) is 0 Å². The number of hydrogen-bond acceptors (Lipinski definition) is 3. The largest absolute Gasteiger partial charge is 0.449 e. The van der Waals surface area contributed by atoms with Crippen molar-refractivity contribution in [3.05, 3.63) is 29.8 Å². The summed E-state index contributed by atoms with van der Waals surface area (Å²) in [5.41, 5.74) is 6.05. The van der Waals surface area contributed by atoms with E-state index in [4.69, 9.17) is 10.5 Å². The first-order valence-corrected chi connectivity index (χ1v) is 8.47. The third-order valence-electron chi connectivity index (χ3n) is 3.62. The lowest BCUT2D eigenvalue weighted by molar-refractivity contribution is 0.1000. The summed E-state index contributed by atoms with van der Waals surface area (Å²) in [6.45, 7) is 2.63. The van der Waals surface area contributed by atoms with Gasteiger partial charge >= 0.3 is 6.09 Å². The molecule has 0 spiro atoms. The Morgan fingerprint density at radius 2 is 1.70 bits per heavy atom. The lowest BCUT2D eigenvalue weighted by Gasteiger charge is -2.07. The van der Waals surface area contributed by atoms with Crippen LogP contribution in [0.3, 0.4) is 0 Å². The summed E-state index contributed by atoms with van der Waals surface area (Å²) in [4.78, 5) is 22.7. The summed E-state index contributed by atoms with van der Waals surface area (Å²) < 4.78 is 5.13. The summed E-state index contributed by atoms with van der Waals surface area (Å²) in [5.74, 6) is -0.527. The monoisotopic (exact) mass is 320 g/mol. The zero-order valence-corrected chi connectivity index (χ0v) is 14.0. The Hall–Kier alpha value is -2.04. The average molecular weight is 320 g/mol. The fraction of sp³-hybridized carbons (Fsp3) is 0.556. The van der Waals surface area contributed by atoms with Crippen LogP contribution in [0.4, 0.5) is 10.5 Å². The number of ether oxygens (including phenoxy) is 1. The Morgan fingerprint density at radius 1 is 1.04 bits per heavy atom. The first-order chi connectivity index (χ1) is 11.1. The summed E-state index contributed by atoms with van der Waals surface area (Å²) in [6.07, 6.45) is 9.10. The second-order valence-electron chi connectivity index (χ2n) is 5.68. The van der Waals surface area contributed by atoms with Crippen molar-refractivity contribution in [2.24, 2.45) is 5.73 Å². The van der Waals surface area contributed by atoms with Gasteiger partial charge in [0.05, 0.1) is 6.61 Å². The molecule has 0 unspecified atom stereocenters. The van der Waals surface area contributed by atoms with Gasteiger partial charge in [0.1, 0.15) is 0 Å². The number of amides is 2. The number of rotatable bonds is 11. The number of benzene rings is 1. The van der Waals surface area contributed by atoms with Crippen molar-refractivity contribution >= 4 is 17.7 Å². The van der Waals surface area contributed by atoms with Crippen LogP contribution in [0.5, 0.6) is 0 Å². The molecule has 1 rings (SSSR count). The molecule has 0 atom stereocenters. The molecular formula is C18H28N2O3. The first kappa shape index (κ1) is 19.0. The van der Waals surface area contributed by atoms with Gasteiger partial charge in [-0.05, 0) is 24.6 Å². The van der Waals surface area contributed by atoms with Crippen LogP contribution in [-0.2, 0) is 4.74 Å². The van der Waals surface area contributed by atoms with E-state index in [9.17, 15) is 9.59 Å². The van der Waals surface area contributed by atoms with Crippen LogP contribution in [-0.4, -0.2) is 18.6 Å². The van der Waals surface area contributed by atoms with E-state index in [1.807, 2.05) is 0 Å². The van der Waals surface area contributed by atoms with Crippen LogP contribution in [0.15, 0.2) is 24.3 Å². The summed E-state index contributed by atoms with van der Waals surface area (Å²) in [7, 11) is 0. The summed E-state index contributed by atoms with van der Waals surface area (Å²) in [6, 6.07) is 6.47. The van der Waals surface area contributed by atoms with Gasteiger partial charge in [-0.1, -0.05) is 57.9 Å². The molecule has 1 aromatic carbocycles. The van der Waals surface area contributed by atoms with Gasteiger partial charge in [0.2, 0.25) is 5.91 Å². The second kappa shape index (κ2) is 11.5. The average Bonchev–Trinajstić information content (AvgIpc) is 2.53. The van der Waals surface area contributed by atoms with Crippen molar-refractivity contribution in [3.8, 4) is 0 Å². The van der Waals surface area contributed by atoms with Crippen LogP contribution in [0.1, 0.15) is 68.6 Å². The van der Waals surface area contributed by atoms with Crippen molar-refractivity contribution in [3.63, 3.8) is 0 Å². The molecule has 0 aromatic heterocycles. The predicted molar refractivity (Wildman–Crippen MR) is 92.5 cm³/mol. The zero-order chi connectivity index (χ0) is 16.9. The van der Waals surface area contributed by atoms with Gasteiger partial charge in [-0.2, -0.15) is 0 Å². The van der Waals surface area contributed by atoms with Crippen molar-refractivity contribution in [2.45, 2.75) is 58.3 Å². The quantitative estimate of drug-likeness (QED) is 0.590. The van der Waals surface area contributed by atoms with Gasteiger partial charge in [0.15, 0.2) is 0 Å². The third-order valence-corrected chi connectivity index (χ3v) is 3.62. The predicted octanol–water partition coefficient (Wildman–Crippen LogP) is 4.47. The molecule has 2 amide bonds. The van der Waals surface area contributed by atoms with Crippen molar-refractivity contribution in [2.75, 3.05) is 11.9 Å². The second-order valence-corrected chi connectivity index (χ2v) is 5.68. The van der Waals surface area contributed by atoms with E-state index >= 15 is 0 Å². The number of primary amides is 1. The van der Waals surface area contributed by atoms with Crippen molar-refractivity contribution in [1.29, 1.82) is 0 Å². The molecule has 5 nitrogen and oxygen atoms in total. The minimum atomic E-state index is -0.527. The van der Waals surface area contributed by atoms with E-state index < -0.39 is 12.0 Å². The normalized spacial score (nSPS) is 10.3. The van der Waals surface area contributed by atoms with Gasteiger partial charge < -0.3 is 10.5 Å². The fourth-order valence-electron chi connectivity index (χ4n) is 2.30. The molecule has 0 aliphatic carbocycles. The first-order valence-electron chi connectivity index (χ1n) is 8.47. The highest BCUT2D eigenvalue weighted by Gasteiger charge is 2.05. The molecule has 0 bridgehead atoms. The van der Waals surface area contributed by atoms with E-state index in [2.05, 4.69) is 12.2 Å². The highest BCUT2D eigenvalue weighted by atomic mass is 16.5. The van der Waals surface area contributed by atoms with E-state index in [0.29, 0.717) is 17.9 Å². The molecule has 0 heterocycles. The Bertz CT molecular complexity index is 489. The van der Waals surface area contributed by atoms with Gasteiger partial charge in [0, 0.05) is 11.3 Å². The molecule has 0 aliphatic heterocycles. The van der Waals surface area contributed by atoms with E-state index in [1.165, 1.54) is 44.6 Å². The third kappa shape index (κ3) is 8.86. The number of carbonyl (C=O) groups excluding carboxylic acids is 2. The lowest BCUT2D eigenvalue weighted by Crippen LogP contribution is -2.16. The molecule has 0 saturated heterocycles. The maximum absolute atomic E-state index is 11.7. The Labute approximate surface area is 138 Å². The fourth-order valence-corrected chi connectivity index (χ4v) is 2.30. The highest BCUT2D eigenvalue weighted by molar-refractivity contribution is 5.95. The van der Waals surface area contributed by atoms with Crippen LogP contribution in [0.2, 0.25) is 0 Å². The maximum Gasteiger partial charge on any atom is 0.411 e. The summed E-state index contributed by atoms with van der Waals surface area (Å²) in [5, 5.41) is 2.59. The number of unbranched alkanes of at least 4 members (excludes halogenated alkanes) is 7. The topological polar surface area (TPSA) is 81.4 Å². The Balaban J connectivity index is 2.11. The van der Waals surface area contributed by atoms with Crippen LogP contribution < -0.4 is 11.1 Å². The number of anilines is 1. The molecule has 0 fully saturated rings. The number of carbonyl (C=O) groups is 2. The van der Waals surface area contributed by atoms with E-state index in [1.54, 1.807) is 18.2 Å². The lowest BCUT2D eigenvalue weighted by atomic mass is 10.1. The maximum atomic E-state index is 11.7. The molecule has 5 heteroatoms. The van der Waals surface area contributed by atoms with Gasteiger partial charge in [0.25, 0.3) is 0 Å². The molecule has 0 saturated carbocycles. The number of nitrogens with one attached hydrogen (secondary N) is 1. The number of nitrogens with two attached hydrogens (primary N) is 1. The molecule has 3 N–H and O–H groups in total. The molecular weight excluding hydrogens is 292 g/mol. The minimum Gasteiger partial charge on any atom is -0.449 e. The molecule has 23 heavy (non-hydrogen) atoms. The van der Waals surface area contributed by atoms with Gasteiger partial charge in [-0.3, -0.25) is 10.1 Å². The molecule has 0 radical (unpaired) electrons.